The van der Waals surface area contributed by atoms with Crippen LogP contribution in [0.5, 0.6) is 0 Å². The van der Waals surface area contributed by atoms with E-state index in [-0.39, 0.29) is 0 Å². The van der Waals surface area contributed by atoms with Gasteiger partial charge in [0, 0.05) is 0 Å². The van der Waals surface area contributed by atoms with Crippen molar-refractivity contribution in [3.8, 4) is 0 Å². The first-order valence-electron chi connectivity index (χ1n) is 8.98. The van der Waals surface area contributed by atoms with Gasteiger partial charge in [0.1, 0.15) is 0 Å². The predicted octanol–water partition coefficient (Wildman–Crippen LogP) is 5.62. The fourth-order valence-electron chi connectivity index (χ4n) is 5.41. The molecule has 1 spiro atoms. The molecule has 0 aliphatic heterocycles. The number of benzene rings is 2. The van der Waals surface area contributed by atoms with Gasteiger partial charge in [0.2, 0.25) is 0 Å². The van der Waals surface area contributed by atoms with Crippen LogP contribution in [0.3, 0.4) is 0 Å². The van der Waals surface area contributed by atoms with Gasteiger partial charge in [0.15, 0.2) is 0 Å². The zero-order valence-corrected chi connectivity index (χ0v) is 13.5. The minimum absolute atomic E-state index is 0.618. The van der Waals surface area contributed by atoms with Crippen LogP contribution in [0.2, 0.25) is 0 Å². The van der Waals surface area contributed by atoms with Gasteiger partial charge in [-0.2, -0.15) is 0 Å². The van der Waals surface area contributed by atoms with Gasteiger partial charge in [-0.25, -0.2) is 0 Å². The van der Waals surface area contributed by atoms with Gasteiger partial charge in [0.25, 0.3) is 0 Å². The molecule has 2 aromatic carbocycles. The molecule has 5 rings (SSSR count). The van der Waals surface area contributed by atoms with E-state index in [1.165, 1.54) is 54.9 Å². The summed E-state index contributed by atoms with van der Waals surface area (Å²) in [5, 5.41) is 2.89. The van der Waals surface area contributed by atoms with Gasteiger partial charge in [-0.3, -0.25) is 0 Å². The van der Waals surface area contributed by atoms with Crippen LogP contribution in [0.4, 0.5) is 0 Å². The highest BCUT2D eigenvalue weighted by Gasteiger charge is 2.48. The maximum absolute atomic E-state index is 2.53. The molecule has 1 fully saturated rings. The Morgan fingerprint density at radius 1 is 1.05 bits per heavy atom. The van der Waals surface area contributed by atoms with Gasteiger partial charge in [-0.15, -0.1) is 0 Å². The Bertz CT molecular complexity index is 795. The molecule has 0 saturated heterocycles. The van der Waals surface area contributed by atoms with Crippen molar-refractivity contribution < 1.29 is 0 Å². The number of hydrogen-bond acceptors (Lipinski definition) is 0. The van der Waals surface area contributed by atoms with Gasteiger partial charge >= 0.3 is 0 Å². The normalized spacial score (nSPS) is 29.1. The third-order valence-corrected chi connectivity index (χ3v) is 6.71. The van der Waals surface area contributed by atoms with E-state index in [9.17, 15) is 0 Å². The quantitative estimate of drug-likeness (QED) is 0.598. The summed E-state index contributed by atoms with van der Waals surface area (Å²) < 4.78 is 0. The number of fused-ring (bicyclic) bond motifs is 5. The van der Waals surface area contributed by atoms with Crippen LogP contribution >= 0.6 is 0 Å². The zero-order chi connectivity index (χ0) is 14.7. The van der Waals surface area contributed by atoms with Crippen LogP contribution < -0.4 is 0 Å². The molecule has 2 bridgehead atoms. The number of aryl methyl sites for hydroxylation is 2. The lowest BCUT2D eigenvalue weighted by molar-refractivity contribution is 0.169. The molecular weight excluding hydrogens is 264 g/mol. The first-order chi connectivity index (χ1) is 10.8. The highest BCUT2D eigenvalue weighted by molar-refractivity contribution is 5.85. The number of hydrogen-bond donors (Lipinski definition) is 0. The van der Waals surface area contributed by atoms with Crippen molar-refractivity contribution in [3.63, 3.8) is 0 Å². The molecule has 0 N–H and O–H groups in total. The van der Waals surface area contributed by atoms with Crippen molar-refractivity contribution in [3.05, 3.63) is 58.7 Å². The van der Waals surface area contributed by atoms with Crippen LogP contribution in [-0.2, 0) is 19.3 Å². The molecule has 0 radical (unpaired) electrons. The van der Waals surface area contributed by atoms with Gasteiger partial charge in [0.05, 0.1) is 0 Å². The second-order valence-corrected chi connectivity index (χ2v) is 7.87. The van der Waals surface area contributed by atoms with Gasteiger partial charge in [-0.1, -0.05) is 48.9 Å². The van der Waals surface area contributed by atoms with Crippen molar-refractivity contribution >= 4 is 10.8 Å². The Balaban J connectivity index is 1.59. The Kier molecular flexibility index (Phi) is 2.63. The van der Waals surface area contributed by atoms with Crippen LogP contribution in [0.25, 0.3) is 10.8 Å². The lowest BCUT2D eigenvalue weighted by atomic mass is 9.64. The first-order valence-corrected chi connectivity index (χ1v) is 8.98. The Morgan fingerprint density at radius 2 is 1.95 bits per heavy atom. The molecule has 3 aliphatic rings. The summed E-state index contributed by atoms with van der Waals surface area (Å²) in [4.78, 5) is 0. The van der Waals surface area contributed by atoms with Crippen molar-refractivity contribution in [2.45, 2.75) is 51.9 Å². The van der Waals surface area contributed by atoms with Crippen LogP contribution in [0.15, 0.2) is 42.0 Å². The van der Waals surface area contributed by atoms with E-state index >= 15 is 0 Å². The van der Waals surface area contributed by atoms with Crippen LogP contribution in [-0.4, -0.2) is 0 Å². The fraction of sp³-hybridized carbons (Fsp3) is 0.455. The SMILES string of the molecule is CCc1ccc2cc3c(cc2c1)CC1(CC3)CC2=CCC1C2. The molecule has 2 unspecified atom stereocenters. The molecule has 3 aliphatic carbocycles. The zero-order valence-electron chi connectivity index (χ0n) is 13.5. The average Bonchev–Trinajstić information content (AvgIpc) is 3.13. The third-order valence-electron chi connectivity index (χ3n) is 6.71. The molecule has 0 heteroatoms. The number of rotatable bonds is 1. The van der Waals surface area contributed by atoms with Gasteiger partial charge < -0.3 is 0 Å². The molecule has 2 atom stereocenters. The van der Waals surface area contributed by atoms with E-state index < -0.39 is 0 Å². The predicted molar refractivity (Wildman–Crippen MR) is 93.2 cm³/mol. The van der Waals surface area contributed by atoms with E-state index in [2.05, 4.69) is 43.3 Å². The topological polar surface area (TPSA) is 0 Å². The van der Waals surface area contributed by atoms with Crippen LogP contribution in [0.1, 0.15) is 49.3 Å². The maximum Gasteiger partial charge on any atom is -0.0178 e. The van der Waals surface area contributed by atoms with Crippen molar-refractivity contribution in [1.82, 2.24) is 0 Å². The van der Waals surface area contributed by atoms with Crippen molar-refractivity contribution in [2.75, 3.05) is 0 Å². The molecular formula is C22H24. The monoisotopic (exact) mass is 288 g/mol. The van der Waals surface area contributed by atoms with E-state index in [0.717, 1.165) is 12.3 Å². The highest BCUT2D eigenvalue weighted by atomic mass is 14.5. The Hall–Kier alpha value is -1.56. The Morgan fingerprint density at radius 3 is 2.73 bits per heavy atom. The molecule has 0 amide bonds. The van der Waals surface area contributed by atoms with Crippen molar-refractivity contribution in [2.24, 2.45) is 11.3 Å². The molecule has 112 valence electrons. The molecule has 0 aromatic heterocycles. The molecule has 0 heterocycles. The fourth-order valence-corrected chi connectivity index (χ4v) is 5.41. The molecule has 2 aromatic rings. The highest BCUT2D eigenvalue weighted by Crippen LogP contribution is 2.58. The summed E-state index contributed by atoms with van der Waals surface area (Å²) in [6, 6.07) is 12.0. The number of allylic oxidation sites excluding steroid dienone is 2. The summed E-state index contributed by atoms with van der Waals surface area (Å²) in [5.74, 6) is 0.952. The van der Waals surface area contributed by atoms with Gasteiger partial charge in [-0.05, 0) is 83.7 Å². The van der Waals surface area contributed by atoms with E-state index in [4.69, 9.17) is 0 Å². The third kappa shape index (κ3) is 1.76. The average molecular weight is 288 g/mol. The summed E-state index contributed by atoms with van der Waals surface area (Å²) in [6.45, 7) is 2.25. The van der Waals surface area contributed by atoms with E-state index in [0.29, 0.717) is 5.41 Å². The van der Waals surface area contributed by atoms with Crippen molar-refractivity contribution in [1.29, 1.82) is 0 Å². The molecule has 0 nitrogen and oxygen atoms in total. The Labute approximate surface area is 133 Å². The van der Waals surface area contributed by atoms with E-state index in [1.807, 2.05) is 0 Å². The summed E-state index contributed by atoms with van der Waals surface area (Å²) >= 11 is 0. The summed E-state index contributed by atoms with van der Waals surface area (Å²) in [5.41, 5.74) is 7.12. The maximum atomic E-state index is 2.53. The summed E-state index contributed by atoms with van der Waals surface area (Å²) in [6.07, 6.45) is 11.9. The molecule has 22 heavy (non-hydrogen) atoms. The van der Waals surface area contributed by atoms with E-state index in [1.54, 1.807) is 16.7 Å². The second kappa shape index (κ2) is 4.47. The lowest BCUT2D eigenvalue weighted by Crippen LogP contribution is -2.33. The molecule has 1 saturated carbocycles. The largest absolute Gasteiger partial charge is 0.0850 e. The minimum Gasteiger partial charge on any atom is -0.0850 e. The minimum atomic E-state index is 0.618. The summed E-state index contributed by atoms with van der Waals surface area (Å²) in [7, 11) is 0. The standard InChI is InChI=1S/C22H24/c1-2-15-3-5-17-11-18-7-8-22(13-16-4-6-21(22)10-16)14-20(18)12-19(17)9-15/h3-5,9,11-12,21H,2,6-8,10,13-14H2,1H3. The lowest BCUT2D eigenvalue weighted by Gasteiger charge is -2.40. The van der Waals surface area contributed by atoms with Crippen LogP contribution in [0, 0.1) is 11.3 Å². The second-order valence-electron chi connectivity index (χ2n) is 7.87. The first kappa shape index (κ1) is 12.9. The smallest absolute Gasteiger partial charge is 0.0178 e.